The predicted molar refractivity (Wildman–Crippen MR) is 118 cm³/mol. The van der Waals surface area contributed by atoms with Crippen LogP contribution in [0.3, 0.4) is 0 Å². The number of aromatic nitrogens is 3. The normalized spacial score (nSPS) is 13.5. The Balaban J connectivity index is 1.94. The highest BCUT2D eigenvalue weighted by molar-refractivity contribution is 5.77. The first kappa shape index (κ1) is 24.7. The van der Waals surface area contributed by atoms with Crippen molar-refractivity contribution in [3.63, 3.8) is 0 Å². The van der Waals surface area contributed by atoms with E-state index in [0.29, 0.717) is 22.8 Å². The van der Waals surface area contributed by atoms with E-state index >= 15 is 0 Å². The summed E-state index contributed by atoms with van der Waals surface area (Å²) in [6.07, 6.45) is 4.06. The molecule has 1 unspecified atom stereocenters. The maximum atomic E-state index is 13.8. The first-order chi connectivity index (χ1) is 15.1. The molecule has 0 saturated heterocycles. The van der Waals surface area contributed by atoms with Crippen molar-refractivity contribution in [3.05, 3.63) is 77.8 Å². The lowest BCUT2D eigenvalue weighted by atomic mass is 10.1. The van der Waals surface area contributed by atoms with Crippen molar-refractivity contribution < 1.29 is 17.6 Å². The number of nitrogens with zero attached hydrogens (tertiary/aromatic N) is 4. The fraction of sp³-hybridized carbons (Fsp3) is 0.273. The number of pyridine rings is 1. The van der Waals surface area contributed by atoms with Crippen LogP contribution in [0.5, 0.6) is 0 Å². The van der Waals surface area contributed by atoms with Crippen LogP contribution < -0.4 is 10.7 Å². The van der Waals surface area contributed by atoms with Crippen LogP contribution in [0.2, 0.25) is 0 Å². The molecule has 0 amide bonds. The minimum absolute atomic E-state index is 0.0410. The van der Waals surface area contributed by atoms with Gasteiger partial charge in [0, 0.05) is 17.2 Å². The minimum Gasteiger partial charge on any atom is -0.358 e. The maximum Gasteiger partial charge on any atom is 0.415 e. The van der Waals surface area contributed by atoms with Crippen molar-refractivity contribution >= 4 is 17.9 Å². The fourth-order valence-electron chi connectivity index (χ4n) is 2.36. The van der Waals surface area contributed by atoms with Crippen LogP contribution >= 0.6 is 0 Å². The molecule has 32 heavy (non-hydrogen) atoms. The molecule has 2 N–H and O–H groups in total. The molecule has 2 rings (SSSR count). The van der Waals surface area contributed by atoms with Crippen LogP contribution in [0.4, 0.5) is 29.2 Å². The van der Waals surface area contributed by atoms with Crippen LogP contribution in [0, 0.1) is 5.82 Å². The second-order valence-corrected chi connectivity index (χ2v) is 6.93. The van der Waals surface area contributed by atoms with Gasteiger partial charge in [-0.25, -0.2) is 19.8 Å². The quantitative estimate of drug-likeness (QED) is 0.214. The van der Waals surface area contributed by atoms with Crippen LogP contribution in [0.1, 0.15) is 44.5 Å². The Labute approximate surface area is 183 Å². The van der Waals surface area contributed by atoms with E-state index in [4.69, 9.17) is 0 Å². The summed E-state index contributed by atoms with van der Waals surface area (Å²) in [6.45, 7) is 8.50. The molecule has 10 heteroatoms. The molecule has 2 heterocycles. The van der Waals surface area contributed by atoms with Gasteiger partial charge in [0.05, 0.1) is 35.7 Å². The molecule has 170 valence electrons. The molecule has 0 aliphatic carbocycles. The van der Waals surface area contributed by atoms with Crippen LogP contribution in [-0.4, -0.2) is 27.3 Å². The SMILES string of the molecule is C=C(/C=C\C=C(/C)Nc1ccc(/C=N/Nc2ncc(F)c(C(C)CC)n2)nc1)C(F)(F)F. The van der Waals surface area contributed by atoms with Gasteiger partial charge in [-0.1, -0.05) is 32.6 Å². The number of allylic oxidation sites excluding steroid dienone is 5. The number of hydrogen-bond acceptors (Lipinski definition) is 6. The molecule has 0 aromatic carbocycles. The van der Waals surface area contributed by atoms with Crippen LogP contribution in [0.25, 0.3) is 0 Å². The molecule has 0 bridgehead atoms. The molecular formula is C22H24F4N6. The zero-order valence-electron chi connectivity index (χ0n) is 17.9. The standard InChI is InChI=1S/C22H24F4N6/c1-5-14(2)20-19(23)13-28-21(31-20)32-29-12-17-9-10-18(11-27-17)30-16(4)8-6-7-15(3)22(24,25)26/h6-14,30H,3,5H2,1-2,4H3,(H,28,31,32)/b7-6-,16-8+,29-12+. The van der Waals surface area contributed by atoms with Gasteiger partial charge < -0.3 is 5.32 Å². The number of alkyl halides is 3. The molecule has 0 saturated carbocycles. The molecule has 0 radical (unpaired) electrons. The van der Waals surface area contributed by atoms with E-state index in [2.05, 4.69) is 37.4 Å². The molecular weight excluding hydrogens is 424 g/mol. The number of hydrazone groups is 1. The van der Waals surface area contributed by atoms with Gasteiger partial charge in [0.15, 0.2) is 5.82 Å². The summed E-state index contributed by atoms with van der Waals surface area (Å²) in [6, 6.07) is 3.43. The summed E-state index contributed by atoms with van der Waals surface area (Å²) in [5, 5.41) is 7.02. The number of rotatable bonds is 9. The van der Waals surface area contributed by atoms with Gasteiger partial charge in [0.2, 0.25) is 5.95 Å². The minimum atomic E-state index is -4.44. The first-order valence-corrected chi connectivity index (χ1v) is 9.75. The molecule has 6 nitrogen and oxygen atoms in total. The van der Waals surface area contributed by atoms with Gasteiger partial charge in [0.25, 0.3) is 0 Å². The fourth-order valence-corrected chi connectivity index (χ4v) is 2.36. The zero-order chi connectivity index (χ0) is 23.7. The Hall–Kier alpha value is -3.56. The highest BCUT2D eigenvalue weighted by atomic mass is 19.4. The molecule has 2 aromatic heterocycles. The Morgan fingerprint density at radius 3 is 2.62 bits per heavy atom. The van der Waals surface area contributed by atoms with Crippen LogP contribution in [-0.2, 0) is 0 Å². The lowest BCUT2D eigenvalue weighted by Gasteiger charge is -2.09. The molecule has 0 aliphatic rings. The van der Waals surface area contributed by atoms with Gasteiger partial charge in [-0.05, 0) is 31.6 Å². The van der Waals surface area contributed by atoms with Crippen molar-refractivity contribution in [1.82, 2.24) is 15.0 Å². The van der Waals surface area contributed by atoms with Gasteiger partial charge >= 0.3 is 6.18 Å². The Bertz CT molecular complexity index is 1010. The number of halogens is 4. The van der Waals surface area contributed by atoms with Gasteiger partial charge in [-0.2, -0.15) is 18.3 Å². The topological polar surface area (TPSA) is 75.1 Å². The van der Waals surface area contributed by atoms with E-state index in [9.17, 15) is 17.6 Å². The third-order valence-electron chi connectivity index (χ3n) is 4.35. The summed E-state index contributed by atoms with van der Waals surface area (Å²) >= 11 is 0. The highest BCUT2D eigenvalue weighted by Crippen LogP contribution is 2.24. The number of hydrogen-bond donors (Lipinski definition) is 2. The maximum absolute atomic E-state index is 13.8. The average Bonchev–Trinajstić information content (AvgIpc) is 2.74. The Kier molecular flexibility index (Phi) is 8.62. The second-order valence-electron chi connectivity index (χ2n) is 6.93. The van der Waals surface area contributed by atoms with Crippen molar-refractivity contribution in [2.75, 3.05) is 10.7 Å². The monoisotopic (exact) mass is 448 g/mol. The lowest BCUT2D eigenvalue weighted by molar-refractivity contribution is -0.0878. The van der Waals surface area contributed by atoms with Crippen molar-refractivity contribution in [3.8, 4) is 0 Å². The molecule has 0 spiro atoms. The molecule has 0 fully saturated rings. The van der Waals surface area contributed by atoms with Crippen LogP contribution in [0.15, 0.2) is 65.7 Å². The van der Waals surface area contributed by atoms with E-state index in [0.717, 1.165) is 18.7 Å². The summed E-state index contributed by atoms with van der Waals surface area (Å²) in [5.41, 5.74) is 3.85. The zero-order valence-corrected chi connectivity index (χ0v) is 17.9. The summed E-state index contributed by atoms with van der Waals surface area (Å²) in [7, 11) is 0. The highest BCUT2D eigenvalue weighted by Gasteiger charge is 2.29. The first-order valence-electron chi connectivity index (χ1n) is 9.75. The third-order valence-corrected chi connectivity index (χ3v) is 4.35. The van der Waals surface area contributed by atoms with E-state index < -0.39 is 17.6 Å². The van der Waals surface area contributed by atoms with E-state index in [1.54, 1.807) is 25.3 Å². The molecule has 1 atom stereocenters. The van der Waals surface area contributed by atoms with Crippen molar-refractivity contribution in [2.45, 2.75) is 39.3 Å². The van der Waals surface area contributed by atoms with E-state index in [-0.39, 0.29) is 11.9 Å². The number of nitrogens with one attached hydrogen (secondary N) is 2. The Morgan fingerprint density at radius 2 is 2.00 bits per heavy atom. The number of anilines is 2. The summed E-state index contributed by atoms with van der Waals surface area (Å²) in [5.74, 6) is -0.317. The predicted octanol–water partition coefficient (Wildman–Crippen LogP) is 5.96. The molecule has 2 aromatic rings. The second kappa shape index (κ2) is 11.2. The summed E-state index contributed by atoms with van der Waals surface area (Å²) < 4.78 is 51.0. The van der Waals surface area contributed by atoms with Crippen molar-refractivity contribution in [1.29, 1.82) is 0 Å². The smallest absolute Gasteiger partial charge is 0.358 e. The lowest BCUT2D eigenvalue weighted by Crippen LogP contribution is -2.08. The van der Waals surface area contributed by atoms with Crippen molar-refractivity contribution in [2.24, 2.45) is 5.10 Å². The average molecular weight is 448 g/mol. The van der Waals surface area contributed by atoms with E-state index in [1.807, 2.05) is 13.8 Å². The third kappa shape index (κ3) is 7.60. The van der Waals surface area contributed by atoms with Gasteiger partial charge in [-0.3, -0.25) is 4.98 Å². The van der Waals surface area contributed by atoms with Gasteiger partial charge in [-0.15, -0.1) is 0 Å². The molecule has 0 aliphatic heterocycles. The summed E-state index contributed by atoms with van der Waals surface area (Å²) in [4.78, 5) is 12.2. The van der Waals surface area contributed by atoms with E-state index in [1.165, 1.54) is 18.4 Å². The largest absolute Gasteiger partial charge is 0.415 e. The van der Waals surface area contributed by atoms with Gasteiger partial charge in [0.1, 0.15) is 0 Å². The Morgan fingerprint density at radius 1 is 1.25 bits per heavy atom.